The highest BCUT2D eigenvalue weighted by molar-refractivity contribution is 7.17. The number of carbonyl (C=O) groups is 2. The molecule has 1 unspecified atom stereocenters. The van der Waals surface area contributed by atoms with Gasteiger partial charge in [-0.15, -0.1) is 11.3 Å². The van der Waals surface area contributed by atoms with Crippen molar-refractivity contribution in [1.29, 1.82) is 0 Å². The molecule has 3 rings (SSSR count). The second kappa shape index (κ2) is 20.8. The van der Waals surface area contributed by atoms with Gasteiger partial charge in [-0.3, -0.25) is 0 Å². The summed E-state index contributed by atoms with van der Waals surface area (Å²) in [5.74, 6) is 0.477. The van der Waals surface area contributed by atoms with Gasteiger partial charge in [-0.25, -0.2) is 9.59 Å². The Morgan fingerprint density at radius 2 is 1.20 bits per heavy atom. The molecule has 0 spiro atoms. The molecule has 0 aliphatic carbocycles. The molecular formula is C38H52O5S. The fourth-order valence-corrected chi connectivity index (χ4v) is 5.97. The minimum absolute atomic E-state index is 0.122. The molecule has 0 amide bonds. The van der Waals surface area contributed by atoms with E-state index in [1.807, 2.05) is 37.3 Å². The lowest BCUT2D eigenvalue weighted by Gasteiger charge is -2.13. The van der Waals surface area contributed by atoms with Crippen molar-refractivity contribution >= 4 is 23.3 Å². The molecule has 44 heavy (non-hydrogen) atoms. The average molecular weight is 621 g/mol. The highest BCUT2D eigenvalue weighted by Gasteiger charge is 2.15. The number of unbranched alkanes of at least 4 members (excludes halogenated alkanes) is 12. The summed E-state index contributed by atoms with van der Waals surface area (Å²) < 4.78 is 17.1. The molecule has 1 aromatic heterocycles. The van der Waals surface area contributed by atoms with Gasteiger partial charge in [0.05, 0.1) is 18.3 Å². The van der Waals surface area contributed by atoms with Crippen LogP contribution in [0.3, 0.4) is 0 Å². The maximum absolute atomic E-state index is 12.8. The Balaban J connectivity index is 1.37. The Morgan fingerprint density at radius 1 is 0.636 bits per heavy atom. The summed E-state index contributed by atoms with van der Waals surface area (Å²) >= 11 is 1.39. The lowest BCUT2D eigenvalue weighted by Crippen LogP contribution is -2.15. The lowest BCUT2D eigenvalue weighted by molar-refractivity contribution is 0.0319. The fourth-order valence-electron chi connectivity index (χ4n) is 5.08. The van der Waals surface area contributed by atoms with E-state index >= 15 is 0 Å². The molecule has 0 radical (unpaired) electrons. The number of carbonyl (C=O) groups excluding carboxylic acids is 2. The van der Waals surface area contributed by atoms with Gasteiger partial charge >= 0.3 is 11.9 Å². The molecule has 0 aliphatic heterocycles. The van der Waals surface area contributed by atoms with Crippen LogP contribution >= 0.6 is 11.3 Å². The Bertz CT molecular complexity index is 1210. The number of rotatable bonds is 22. The molecule has 0 saturated heterocycles. The third-order valence-electron chi connectivity index (χ3n) is 7.79. The van der Waals surface area contributed by atoms with Crippen LogP contribution in [-0.4, -0.2) is 24.6 Å². The predicted octanol–water partition coefficient (Wildman–Crippen LogP) is 11.4. The molecule has 0 saturated carbocycles. The number of hydrogen-bond acceptors (Lipinski definition) is 6. The van der Waals surface area contributed by atoms with Crippen molar-refractivity contribution in [2.75, 3.05) is 6.61 Å². The molecule has 0 fully saturated rings. The van der Waals surface area contributed by atoms with Crippen LogP contribution in [0.15, 0.2) is 60.7 Å². The van der Waals surface area contributed by atoms with E-state index in [0.29, 0.717) is 16.2 Å². The van der Waals surface area contributed by atoms with E-state index in [2.05, 4.69) is 13.8 Å². The van der Waals surface area contributed by atoms with Gasteiger partial charge in [0, 0.05) is 4.88 Å². The Morgan fingerprint density at radius 3 is 1.84 bits per heavy atom. The van der Waals surface area contributed by atoms with E-state index in [1.54, 1.807) is 30.3 Å². The molecule has 3 aromatic rings. The zero-order valence-electron chi connectivity index (χ0n) is 27.1. The summed E-state index contributed by atoms with van der Waals surface area (Å²) in [6.07, 6.45) is 18.5. The summed E-state index contributed by atoms with van der Waals surface area (Å²) in [4.78, 5) is 26.7. The number of benzene rings is 2. The quantitative estimate of drug-likeness (QED) is 0.0635. The Labute approximate surface area is 269 Å². The van der Waals surface area contributed by atoms with Crippen LogP contribution in [0.4, 0.5) is 0 Å². The van der Waals surface area contributed by atoms with Crippen LogP contribution in [0, 0.1) is 0 Å². The van der Waals surface area contributed by atoms with Gasteiger partial charge in [0.15, 0.2) is 0 Å². The van der Waals surface area contributed by atoms with E-state index in [-0.39, 0.29) is 12.1 Å². The molecule has 0 bridgehead atoms. The third kappa shape index (κ3) is 13.3. The molecular weight excluding hydrogens is 568 g/mol. The number of ether oxygens (including phenoxy) is 3. The zero-order valence-corrected chi connectivity index (χ0v) is 27.9. The molecule has 2 aromatic carbocycles. The standard InChI is InChI=1S/C38H52O5S/c1-4-6-8-10-11-12-13-14-15-17-29-41-33-23-19-31(20-24-33)35-27-28-36(44-35)38(40)43-34-25-21-32(22-26-34)37(39)42-30(3)18-16-9-7-5-2/h19-28,30H,4-18,29H2,1-3H3. The summed E-state index contributed by atoms with van der Waals surface area (Å²) in [6, 6.07) is 18.3. The predicted molar refractivity (Wildman–Crippen MR) is 182 cm³/mol. The van der Waals surface area contributed by atoms with Crippen LogP contribution in [-0.2, 0) is 4.74 Å². The van der Waals surface area contributed by atoms with Crippen molar-refractivity contribution in [2.45, 2.75) is 123 Å². The van der Waals surface area contributed by atoms with E-state index < -0.39 is 5.97 Å². The Hall–Kier alpha value is -3.12. The summed E-state index contributed by atoms with van der Waals surface area (Å²) in [7, 11) is 0. The lowest BCUT2D eigenvalue weighted by atomic mass is 10.1. The first-order valence-electron chi connectivity index (χ1n) is 16.9. The topological polar surface area (TPSA) is 61.8 Å². The molecule has 1 heterocycles. The highest BCUT2D eigenvalue weighted by Crippen LogP contribution is 2.30. The van der Waals surface area contributed by atoms with E-state index in [9.17, 15) is 9.59 Å². The summed E-state index contributed by atoms with van der Waals surface area (Å²) in [5, 5.41) is 0. The van der Waals surface area contributed by atoms with Crippen molar-refractivity contribution in [3.05, 3.63) is 71.1 Å². The summed E-state index contributed by atoms with van der Waals surface area (Å²) in [5.41, 5.74) is 1.47. The van der Waals surface area contributed by atoms with E-state index in [0.717, 1.165) is 48.5 Å². The van der Waals surface area contributed by atoms with Crippen LogP contribution in [0.5, 0.6) is 11.5 Å². The zero-order chi connectivity index (χ0) is 31.4. The highest BCUT2D eigenvalue weighted by atomic mass is 32.1. The first-order chi connectivity index (χ1) is 21.5. The molecule has 0 aliphatic rings. The second-order valence-electron chi connectivity index (χ2n) is 11.7. The minimum Gasteiger partial charge on any atom is -0.494 e. The first kappa shape index (κ1) is 35.4. The van der Waals surface area contributed by atoms with Gasteiger partial charge in [-0.1, -0.05) is 90.9 Å². The van der Waals surface area contributed by atoms with Crippen molar-refractivity contribution in [2.24, 2.45) is 0 Å². The number of thiophene rings is 1. The van der Waals surface area contributed by atoms with Crippen LogP contribution in [0.2, 0.25) is 0 Å². The van der Waals surface area contributed by atoms with Crippen molar-refractivity contribution < 1.29 is 23.8 Å². The number of esters is 2. The average Bonchev–Trinajstić information content (AvgIpc) is 3.53. The molecule has 240 valence electrons. The van der Waals surface area contributed by atoms with Crippen LogP contribution in [0.25, 0.3) is 10.4 Å². The fraction of sp³-hybridized carbons (Fsp3) is 0.526. The molecule has 6 heteroatoms. The van der Waals surface area contributed by atoms with Gasteiger partial charge in [-0.2, -0.15) is 0 Å². The smallest absolute Gasteiger partial charge is 0.353 e. The van der Waals surface area contributed by atoms with Gasteiger partial charge in [0.2, 0.25) is 0 Å². The van der Waals surface area contributed by atoms with E-state index in [4.69, 9.17) is 14.2 Å². The second-order valence-corrected chi connectivity index (χ2v) is 12.8. The van der Waals surface area contributed by atoms with Gasteiger partial charge < -0.3 is 14.2 Å². The van der Waals surface area contributed by atoms with Crippen molar-refractivity contribution in [3.8, 4) is 21.9 Å². The van der Waals surface area contributed by atoms with Gasteiger partial charge in [-0.05, 0) is 92.4 Å². The SMILES string of the molecule is CCCCCCCCCCCCOc1ccc(-c2ccc(C(=O)Oc3ccc(C(=O)OC(C)CCCCCC)cc3)s2)cc1. The third-order valence-corrected chi connectivity index (χ3v) is 8.90. The van der Waals surface area contributed by atoms with E-state index in [1.165, 1.54) is 82.0 Å². The Kier molecular flexibility index (Phi) is 16.7. The molecule has 1 atom stereocenters. The monoisotopic (exact) mass is 620 g/mol. The molecule has 0 N–H and O–H groups in total. The van der Waals surface area contributed by atoms with Crippen LogP contribution < -0.4 is 9.47 Å². The minimum atomic E-state index is -0.422. The maximum atomic E-state index is 12.8. The largest absolute Gasteiger partial charge is 0.494 e. The first-order valence-corrected chi connectivity index (χ1v) is 17.7. The van der Waals surface area contributed by atoms with Crippen LogP contribution in [0.1, 0.15) is 137 Å². The van der Waals surface area contributed by atoms with Gasteiger partial charge in [0.1, 0.15) is 16.4 Å². The number of hydrogen-bond donors (Lipinski definition) is 0. The maximum Gasteiger partial charge on any atom is 0.353 e. The normalized spacial score (nSPS) is 11.7. The summed E-state index contributed by atoms with van der Waals surface area (Å²) in [6.45, 7) is 7.11. The van der Waals surface area contributed by atoms with Crippen molar-refractivity contribution in [1.82, 2.24) is 0 Å². The van der Waals surface area contributed by atoms with Crippen molar-refractivity contribution in [3.63, 3.8) is 0 Å². The van der Waals surface area contributed by atoms with Gasteiger partial charge in [0.25, 0.3) is 0 Å². The molecule has 5 nitrogen and oxygen atoms in total.